The summed E-state index contributed by atoms with van der Waals surface area (Å²) in [5, 5.41) is 18.2. The minimum Gasteiger partial charge on any atom is -0.489 e. The van der Waals surface area contributed by atoms with Crippen LogP contribution in [-0.4, -0.2) is 5.11 Å². The number of aliphatic hydroxyl groups excluding tert-OH is 1. The summed E-state index contributed by atoms with van der Waals surface area (Å²) < 4.78 is 5.64. The van der Waals surface area contributed by atoms with E-state index in [0.717, 1.165) is 16.9 Å². The summed E-state index contributed by atoms with van der Waals surface area (Å²) in [5.74, 6) is 0.742. The first kappa shape index (κ1) is 13.1. The molecule has 3 nitrogen and oxygen atoms in total. The monoisotopic (exact) mass is 253 g/mol. The van der Waals surface area contributed by atoms with Crippen molar-refractivity contribution < 1.29 is 9.84 Å². The maximum Gasteiger partial charge on any atom is 0.119 e. The molecule has 0 bridgehead atoms. The van der Waals surface area contributed by atoms with E-state index in [4.69, 9.17) is 10.00 Å². The van der Waals surface area contributed by atoms with E-state index in [2.05, 4.69) is 6.07 Å². The summed E-state index contributed by atoms with van der Waals surface area (Å²) in [6.07, 6.45) is -0.471. The van der Waals surface area contributed by atoms with Crippen LogP contribution < -0.4 is 4.74 Å². The third-order valence-electron chi connectivity index (χ3n) is 2.82. The van der Waals surface area contributed by atoms with Crippen LogP contribution >= 0.6 is 0 Å². The molecule has 2 rings (SSSR count). The molecule has 0 aliphatic carbocycles. The molecule has 0 saturated heterocycles. The Hall–Kier alpha value is -2.31. The number of rotatable bonds is 4. The topological polar surface area (TPSA) is 53.2 Å². The number of nitrogens with zero attached hydrogens (tertiary/aromatic N) is 1. The fourth-order valence-electron chi connectivity index (χ4n) is 1.74. The van der Waals surface area contributed by atoms with E-state index in [0.29, 0.717) is 12.2 Å². The fourth-order valence-corrected chi connectivity index (χ4v) is 1.74. The van der Waals surface area contributed by atoms with Crippen molar-refractivity contribution in [2.24, 2.45) is 0 Å². The first-order valence-electron chi connectivity index (χ1n) is 6.09. The third-order valence-corrected chi connectivity index (χ3v) is 2.82. The highest BCUT2D eigenvalue weighted by Gasteiger charge is 2.01. The molecule has 0 spiro atoms. The van der Waals surface area contributed by atoms with Gasteiger partial charge in [-0.25, -0.2) is 0 Å². The SMILES string of the molecule is C[C@@H](O)c1ccc(OCc2cccc(C#N)c2)cc1. The van der Waals surface area contributed by atoms with Crippen molar-refractivity contribution >= 4 is 0 Å². The number of hydrogen-bond donors (Lipinski definition) is 1. The molecule has 3 heteroatoms. The number of hydrogen-bond acceptors (Lipinski definition) is 3. The normalized spacial score (nSPS) is 11.6. The van der Waals surface area contributed by atoms with Gasteiger partial charge in [0.05, 0.1) is 17.7 Å². The van der Waals surface area contributed by atoms with E-state index in [1.807, 2.05) is 42.5 Å². The molecule has 0 aliphatic heterocycles. The third kappa shape index (κ3) is 3.57. The van der Waals surface area contributed by atoms with Crippen molar-refractivity contribution in [3.05, 3.63) is 65.2 Å². The molecule has 0 aliphatic rings. The Labute approximate surface area is 112 Å². The van der Waals surface area contributed by atoms with Gasteiger partial charge in [-0.15, -0.1) is 0 Å². The second-order valence-electron chi connectivity index (χ2n) is 4.35. The van der Waals surface area contributed by atoms with Crippen molar-refractivity contribution in [3.63, 3.8) is 0 Å². The second kappa shape index (κ2) is 6.03. The van der Waals surface area contributed by atoms with Gasteiger partial charge in [0.1, 0.15) is 12.4 Å². The van der Waals surface area contributed by atoms with Crippen LogP contribution in [0, 0.1) is 11.3 Å². The summed E-state index contributed by atoms with van der Waals surface area (Å²) in [5.41, 5.74) is 2.45. The second-order valence-corrected chi connectivity index (χ2v) is 4.35. The van der Waals surface area contributed by atoms with Gasteiger partial charge in [-0.05, 0) is 42.3 Å². The number of benzene rings is 2. The predicted molar refractivity (Wildman–Crippen MR) is 72.6 cm³/mol. The van der Waals surface area contributed by atoms with Crippen molar-refractivity contribution in [2.45, 2.75) is 19.6 Å². The van der Waals surface area contributed by atoms with E-state index in [9.17, 15) is 5.11 Å². The molecule has 2 aromatic rings. The molecule has 0 saturated carbocycles. The van der Waals surface area contributed by atoms with Gasteiger partial charge < -0.3 is 9.84 Å². The molecule has 1 N–H and O–H groups in total. The average molecular weight is 253 g/mol. The highest BCUT2D eigenvalue weighted by atomic mass is 16.5. The van der Waals surface area contributed by atoms with Gasteiger partial charge in [-0.2, -0.15) is 5.26 Å². The largest absolute Gasteiger partial charge is 0.489 e. The van der Waals surface area contributed by atoms with Crippen molar-refractivity contribution in [1.29, 1.82) is 5.26 Å². The first-order chi connectivity index (χ1) is 9.19. The molecule has 96 valence electrons. The van der Waals surface area contributed by atoms with Gasteiger partial charge >= 0.3 is 0 Å². The Morgan fingerprint density at radius 3 is 2.58 bits per heavy atom. The molecule has 0 heterocycles. The highest BCUT2D eigenvalue weighted by Crippen LogP contribution is 2.18. The Kier molecular flexibility index (Phi) is 4.17. The van der Waals surface area contributed by atoms with E-state index in [1.54, 1.807) is 13.0 Å². The zero-order chi connectivity index (χ0) is 13.7. The smallest absolute Gasteiger partial charge is 0.119 e. The van der Waals surface area contributed by atoms with Crippen LogP contribution in [0.4, 0.5) is 0 Å². The van der Waals surface area contributed by atoms with Crippen LogP contribution in [0.2, 0.25) is 0 Å². The molecule has 0 unspecified atom stereocenters. The lowest BCUT2D eigenvalue weighted by molar-refractivity contribution is 0.199. The lowest BCUT2D eigenvalue weighted by atomic mass is 10.1. The average Bonchev–Trinajstić information content (AvgIpc) is 2.46. The van der Waals surface area contributed by atoms with Gasteiger partial charge in [0.15, 0.2) is 0 Å². The lowest BCUT2D eigenvalue weighted by Crippen LogP contribution is -1.96. The first-order valence-corrected chi connectivity index (χ1v) is 6.09. The molecular formula is C16H15NO2. The van der Waals surface area contributed by atoms with Gasteiger partial charge in [-0.1, -0.05) is 24.3 Å². The lowest BCUT2D eigenvalue weighted by Gasteiger charge is -2.08. The van der Waals surface area contributed by atoms with Crippen LogP contribution in [0.25, 0.3) is 0 Å². The summed E-state index contributed by atoms with van der Waals surface area (Å²) in [6, 6.07) is 16.8. The van der Waals surface area contributed by atoms with Crippen LogP contribution in [0.3, 0.4) is 0 Å². The molecular weight excluding hydrogens is 238 g/mol. The summed E-state index contributed by atoms with van der Waals surface area (Å²) >= 11 is 0. The molecule has 0 aromatic heterocycles. The number of ether oxygens (including phenoxy) is 1. The Morgan fingerprint density at radius 1 is 1.21 bits per heavy atom. The van der Waals surface area contributed by atoms with Crippen molar-refractivity contribution in [2.75, 3.05) is 0 Å². The zero-order valence-electron chi connectivity index (χ0n) is 10.7. The molecule has 1 atom stereocenters. The maximum absolute atomic E-state index is 9.41. The minimum absolute atomic E-state index is 0.420. The quantitative estimate of drug-likeness (QED) is 0.910. The number of aliphatic hydroxyl groups is 1. The van der Waals surface area contributed by atoms with Gasteiger partial charge in [0, 0.05) is 0 Å². The highest BCUT2D eigenvalue weighted by molar-refractivity contribution is 5.33. The number of nitriles is 1. The molecule has 2 aromatic carbocycles. The predicted octanol–water partition coefficient (Wildman–Crippen LogP) is 3.19. The summed E-state index contributed by atoms with van der Waals surface area (Å²) in [7, 11) is 0. The van der Waals surface area contributed by atoms with Gasteiger partial charge in [-0.3, -0.25) is 0 Å². The van der Waals surface area contributed by atoms with Gasteiger partial charge in [0.2, 0.25) is 0 Å². The van der Waals surface area contributed by atoms with Crippen LogP contribution in [0.15, 0.2) is 48.5 Å². The standard InChI is InChI=1S/C16H15NO2/c1-12(18)15-5-7-16(8-6-15)19-11-14-4-2-3-13(9-14)10-17/h2-9,12,18H,11H2,1H3/t12-/m1/s1. The van der Waals surface area contributed by atoms with Crippen molar-refractivity contribution in [3.8, 4) is 11.8 Å². The summed E-state index contributed by atoms with van der Waals surface area (Å²) in [6.45, 7) is 2.15. The Balaban J connectivity index is 2.00. The minimum atomic E-state index is -0.471. The maximum atomic E-state index is 9.41. The molecule has 0 radical (unpaired) electrons. The van der Waals surface area contributed by atoms with Crippen molar-refractivity contribution in [1.82, 2.24) is 0 Å². The molecule has 0 amide bonds. The Morgan fingerprint density at radius 2 is 1.95 bits per heavy atom. The van der Waals surface area contributed by atoms with Crippen LogP contribution in [0.1, 0.15) is 29.7 Å². The molecule has 0 fully saturated rings. The Bertz CT molecular complexity index is 582. The summed E-state index contributed by atoms with van der Waals surface area (Å²) in [4.78, 5) is 0. The van der Waals surface area contributed by atoms with E-state index < -0.39 is 6.10 Å². The zero-order valence-corrected chi connectivity index (χ0v) is 10.7. The van der Waals surface area contributed by atoms with E-state index >= 15 is 0 Å². The molecule has 19 heavy (non-hydrogen) atoms. The van der Waals surface area contributed by atoms with Crippen LogP contribution in [0.5, 0.6) is 5.75 Å². The fraction of sp³-hybridized carbons (Fsp3) is 0.188. The van der Waals surface area contributed by atoms with Gasteiger partial charge in [0.25, 0.3) is 0 Å². The van der Waals surface area contributed by atoms with Crippen LogP contribution in [-0.2, 0) is 6.61 Å². The van der Waals surface area contributed by atoms with E-state index in [1.165, 1.54) is 0 Å². The van der Waals surface area contributed by atoms with E-state index in [-0.39, 0.29) is 0 Å².